The van der Waals surface area contributed by atoms with Gasteiger partial charge in [0.2, 0.25) is 0 Å². The van der Waals surface area contributed by atoms with E-state index in [1.807, 2.05) is 24.3 Å². The van der Waals surface area contributed by atoms with E-state index < -0.39 is 11.9 Å². The van der Waals surface area contributed by atoms with Crippen LogP contribution in [0.1, 0.15) is 15.9 Å². The number of nitrogens with one attached hydrogen (secondary N) is 3. The maximum atomic E-state index is 12.8. The Morgan fingerprint density at radius 3 is 2.52 bits per heavy atom. The number of aromatic nitrogens is 2. The van der Waals surface area contributed by atoms with Gasteiger partial charge >= 0.3 is 5.76 Å². The predicted molar refractivity (Wildman–Crippen MR) is 120 cm³/mol. The lowest BCUT2D eigenvalue weighted by atomic mass is 10.1. The van der Waals surface area contributed by atoms with Gasteiger partial charge in [0.25, 0.3) is 11.8 Å². The molecule has 33 heavy (non-hydrogen) atoms. The zero-order valence-electron chi connectivity index (χ0n) is 17.2. The molecule has 1 aliphatic heterocycles. The van der Waals surface area contributed by atoms with Crippen LogP contribution >= 0.6 is 0 Å². The summed E-state index contributed by atoms with van der Waals surface area (Å²) in [6.45, 7) is 0. The summed E-state index contributed by atoms with van der Waals surface area (Å²) in [5.41, 5.74) is 2.93. The van der Waals surface area contributed by atoms with Crippen molar-refractivity contribution in [1.82, 2.24) is 10.1 Å². The molecule has 2 amide bonds. The van der Waals surface area contributed by atoms with Crippen molar-refractivity contribution in [3.05, 3.63) is 94.5 Å². The summed E-state index contributed by atoms with van der Waals surface area (Å²) in [5.74, 6) is -0.329. The topological polar surface area (TPSA) is 126 Å². The molecule has 9 heteroatoms. The average Bonchev–Trinajstić information content (AvgIpc) is 3.46. The van der Waals surface area contributed by atoms with Crippen LogP contribution in [0.15, 0.2) is 82.1 Å². The second kappa shape index (κ2) is 8.46. The lowest BCUT2D eigenvalue weighted by Crippen LogP contribution is -2.31. The van der Waals surface area contributed by atoms with Crippen molar-refractivity contribution in [1.29, 1.82) is 0 Å². The monoisotopic (exact) mass is 442 g/mol. The van der Waals surface area contributed by atoms with Crippen LogP contribution in [0.25, 0.3) is 11.4 Å². The first-order valence-corrected chi connectivity index (χ1v) is 10.2. The molecule has 1 atom stereocenters. The summed E-state index contributed by atoms with van der Waals surface area (Å²) in [6.07, 6.45) is -0.124. The number of carbonyl (C=O) groups excluding carboxylic acids is 2. The number of anilines is 2. The molecule has 0 radical (unpaired) electrons. The zero-order chi connectivity index (χ0) is 22.8. The van der Waals surface area contributed by atoms with Gasteiger partial charge < -0.3 is 15.4 Å². The number of ether oxygens (including phenoxy) is 1. The average molecular weight is 442 g/mol. The Morgan fingerprint density at radius 2 is 1.73 bits per heavy atom. The molecule has 0 bridgehead atoms. The van der Waals surface area contributed by atoms with Crippen LogP contribution in [0.3, 0.4) is 0 Å². The molecule has 0 saturated heterocycles. The quantitative estimate of drug-likeness (QED) is 0.436. The molecule has 1 unspecified atom stereocenters. The lowest BCUT2D eigenvalue weighted by molar-refractivity contribution is -0.122. The van der Waals surface area contributed by atoms with E-state index in [0.717, 1.165) is 5.56 Å². The molecule has 3 N–H and O–H groups in total. The molecule has 0 fully saturated rings. The second-order valence-corrected chi connectivity index (χ2v) is 7.47. The number of benzene rings is 3. The highest BCUT2D eigenvalue weighted by atomic mass is 16.5. The molecule has 9 nitrogen and oxygen atoms in total. The van der Waals surface area contributed by atoms with E-state index in [9.17, 15) is 14.4 Å². The minimum atomic E-state index is -0.662. The van der Waals surface area contributed by atoms with Crippen molar-refractivity contribution >= 4 is 23.2 Å². The van der Waals surface area contributed by atoms with Gasteiger partial charge in [-0.2, -0.15) is 0 Å². The maximum absolute atomic E-state index is 12.8. The first-order valence-electron chi connectivity index (χ1n) is 10.2. The molecule has 2 heterocycles. The fraction of sp³-hybridized carbons (Fsp3) is 0.0833. The van der Waals surface area contributed by atoms with Crippen LogP contribution in [0.4, 0.5) is 11.4 Å². The number of amides is 2. The summed E-state index contributed by atoms with van der Waals surface area (Å²) >= 11 is 0. The third-order valence-electron chi connectivity index (χ3n) is 5.17. The number of H-pyrrole nitrogens is 1. The fourth-order valence-corrected chi connectivity index (χ4v) is 3.59. The van der Waals surface area contributed by atoms with Crippen LogP contribution in [0.2, 0.25) is 0 Å². The molecule has 0 aliphatic carbocycles. The smallest absolute Gasteiger partial charge is 0.439 e. The van der Waals surface area contributed by atoms with E-state index in [4.69, 9.17) is 4.74 Å². The summed E-state index contributed by atoms with van der Waals surface area (Å²) < 4.78 is 10.2. The van der Waals surface area contributed by atoms with Crippen molar-refractivity contribution in [2.75, 3.05) is 10.6 Å². The number of hydrogen-bond donors (Lipinski definition) is 3. The SMILES string of the molecule is O=C(Nc1cccc(-c2noc(=O)[nH]2)c1)c1cccc(NC(=O)C2Cc3ccccc3O2)c1. The number of rotatable bonds is 5. The zero-order valence-corrected chi connectivity index (χ0v) is 17.2. The Morgan fingerprint density at radius 1 is 0.939 bits per heavy atom. The molecule has 0 saturated carbocycles. The van der Waals surface area contributed by atoms with Crippen LogP contribution in [-0.4, -0.2) is 28.1 Å². The summed E-state index contributed by atoms with van der Waals surface area (Å²) in [6, 6.07) is 21.0. The van der Waals surface area contributed by atoms with Gasteiger partial charge in [0.15, 0.2) is 11.9 Å². The third kappa shape index (κ3) is 4.38. The second-order valence-electron chi connectivity index (χ2n) is 7.47. The van der Waals surface area contributed by atoms with E-state index in [2.05, 4.69) is 25.3 Å². The van der Waals surface area contributed by atoms with Gasteiger partial charge in [-0.3, -0.25) is 19.1 Å². The van der Waals surface area contributed by atoms with Gasteiger partial charge in [-0.1, -0.05) is 41.6 Å². The molecular formula is C24H18N4O5. The summed E-state index contributed by atoms with van der Waals surface area (Å²) in [5, 5.41) is 9.25. The third-order valence-corrected chi connectivity index (χ3v) is 5.17. The van der Waals surface area contributed by atoms with Crippen molar-refractivity contribution in [3.63, 3.8) is 0 Å². The van der Waals surface area contributed by atoms with Crippen LogP contribution in [-0.2, 0) is 11.2 Å². The molecule has 1 aliphatic rings. The highest BCUT2D eigenvalue weighted by Crippen LogP contribution is 2.28. The van der Waals surface area contributed by atoms with Gasteiger partial charge in [0.05, 0.1) is 0 Å². The number of nitrogens with zero attached hydrogens (tertiary/aromatic N) is 1. The van der Waals surface area contributed by atoms with Crippen LogP contribution in [0, 0.1) is 0 Å². The normalized spacial score (nSPS) is 14.2. The largest absolute Gasteiger partial charge is 0.480 e. The molecular weight excluding hydrogens is 424 g/mol. The Balaban J connectivity index is 1.26. The van der Waals surface area contributed by atoms with E-state index in [1.165, 1.54) is 0 Å². The summed E-state index contributed by atoms with van der Waals surface area (Å²) in [7, 11) is 0. The van der Waals surface area contributed by atoms with Crippen molar-refractivity contribution in [2.45, 2.75) is 12.5 Å². The molecule has 1 aromatic heterocycles. The van der Waals surface area contributed by atoms with Gasteiger partial charge in [0.1, 0.15) is 5.75 Å². The molecule has 164 valence electrons. The van der Waals surface area contributed by atoms with Crippen molar-refractivity contribution in [2.24, 2.45) is 0 Å². The summed E-state index contributed by atoms with van der Waals surface area (Å²) in [4.78, 5) is 39.1. The number of fused-ring (bicyclic) bond motifs is 1. The number of carbonyl (C=O) groups is 2. The molecule has 4 aromatic rings. The minimum absolute atomic E-state index is 0.261. The predicted octanol–water partition coefficient (Wildman–Crippen LogP) is 3.22. The van der Waals surface area contributed by atoms with E-state index in [-0.39, 0.29) is 17.6 Å². The highest BCUT2D eigenvalue weighted by Gasteiger charge is 2.28. The molecule has 5 rings (SSSR count). The minimum Gasteiger partial charge on any atom is -0.480 e. The highest BCUT2D eigenvalue weighted by molar-refractivity contribution is 6.05. The number of hydrogen-bond acceptors (Lipinski definition) is 6. The van der Waals surface area contributed by atoms with E-state index >= 15 is 0 Å². The van der Waals surface area contributed by atoms with Gasteiger partial charge in [-0.05, 0) is 42.0 Å². The Hall–Kier alpha value is -4.66. The van der Waals surface area contributed by atoms with Gasteiger partial charge in [-0.15, -0.1) is 0 Å². The standard InChI is InChI=1S/C24H18N4O5/c29-22(25-17-8-3-6-15(11-17)21-27-24(31)33-28-21)16-7-4-9-18(12-16)26-23(30)20-13-14-5-1-2-10-19(14)32-20/h1-12,20H,13H2,(H,25,29)(H,26,30)(H,27,28,31). The number of para-hydroxylation sites is 1. The Bertz CT molecular complexity index is 1380. The van der Waals surface area contributed by atoms with Gasteiger partial charge in [-0.25, -0.2) is 4.79 Å². The van der Waals surface area contributed by atoms with Crippen LogP contribution in [0.5, 0.6) is 5.75 Å². The Labute approximate surface area is 187 Å². The Kier molecular flexibility index (Phi) is 5.19. The van der Waals surface area contributed by atoms with Crippen molar-refractivity contribution < 1.29 is 18.8 Å². The van der Waals surface area contributed by atoms with Crippen molar-refractivity contribution in [3.8, 4) is 17.1 Å². The first-order chi connectivity index (χ1) is 16.0. The van der Waals surface area contributed by atoms with E-state index in [1.54, 1.807) is 48.5 Å². The van der Waals surface area contributed by atoms with E-state index in [0.29, 0.717) is 34.7 Å². The fourth-order valence-electron chi connectivity index (χ4n) is 3.59. The maximum Gasteiger partial charge on any atom is 0.439 e. The lowest BCUT2D eigenvalue weighted by Gasteiger charge is -2.12. The number of aromatic amines is 1. The van der Waals surface area contributed by atoms with Gasteiger partial charge in [0, 0.05) is 28.9 Å². The first kappa shape index (κ1) is 20.3. The van der Waals surface area contributed by atoms with Crippen LogP contribution < -0.4 is 21.1 Å². The molecule has 3 aromatic carbocycles. The molecule has 0 spiro atoms.